The van der Waals surface area contributed by atoms with Gasteiger partial charge in [-0.15, -0.1) is 0 Å². The molecular formula is C89H211N15O16. The van der Waals surface area contributed by atoms with Gasteiger partial charge in [0.05, 0.1) is 0 Å². The number of aliphatic hydroxyl groups excluding tert-OH is 1. The number of hydrogen-bond acceptors (Lipinski definition) is 27. The SMILES string of the molecule is C=O.C=O.C=O.C=O.C=O.C=O.C=O.C=O.C=O.C=O.C=O.CC.CC.CC(C)O.CCC(C)C.CCC(C)C.CCC(C)C.CCC(C)C.CCC(C)C.CC[C@H](C)[C@H](NC(=O)C(NC(=O)[C@H](C)N(C)C(C)=O)C(C)C)C(=O)N1CCCCC1.CCc1ccccc1.CCc1ccccc1.CN.CN.CN.CN.CN.CN.CN.CN.N.N.N. The highest BCUT2D eigenvalue weighted by atomic mass is 16.3. The van der Waals surface area contributed by atoms with E-state index in [2.05, 4.69) is 223 Å². The second kappa shape index (κ2) is 245. The van der Waals surface area contributed by atoms with Gasteiger partial charge < -0.3 is 143 Å². The van der Waals surface area contributed by atoms with Gasteiger partial charge in [0.1, 0.15) is 92.8 Å². The molecule has 31 heteroatoms. The Kier molecular flexibility index (Phi) is 420. The van der Waals surface area contributed by atoms with Crippen LogP contribution in [-0.4, -0.2) is 214 Å². The summed E-state index contributed by atoms with van der Waals surface area (Å²) in [4.78, 5) is 142. The molecule has 1 saturated heterocycles. The predicted octanol–water partition coefficient (Wildman–Crippen LogP) is 13.8. The van der Waals surface area contributed by atoms with E-state index in [9.17, 15) is 19.2 Å². The molecule has 4 amide bonds. The van der Waals surface area contributed by atoms with E-state index in [1.807, 2.05) is 147 Å². The van der Waals surface area contributed by atoms with Gasteiger partial charge in [-0.05, 0) is 162 Å². The predicted molar refractivity (Wildman–Crippen MR) is 528 cm³/mol. The van der Waals surface area contributed by atoms with Crippen LogP contribution in [0, 0.1) is 41.4 Å². The Hall–Kier alpha value is -7.79. The number of carbonyl (C=O) groups excluding carboxylic acids is 15. The third-order valence-electron chi connectivity index (χ3n) is 12.7. The van der Waals surface area contributed by atoms with Crippen molar-refractivity contribution in [2.75, 3.05) is 76.5 Å². The molecule has 1 aliphatic heterocycles. The standard InChI is InChI=1S/C22H40N4O4.2C8H10.5C5H12.C3H8O.2C2H6.8CH5N.11CH2O.3H3N/c1-8-15(4)19(22(30)26-12-10-9-11-13-26)24-21(29)18(14(2)3)23-20(28)16(5)25(7)17(6)27;2*1-2-8-6-4-3-5-7-8;5*1-4-5(2)3;1-3(2)4;21*1-2;;;/h14-16,18-19H,8-13H2,1-7H3,(H,23,28)(H,24,29);2*3-7H,2H2,1H3;5*5H,4H2,1-3H3;3-4H,1-2H3;2*1-2H3;8*2H2,1H3;11*1H2;3*1H3/t15-,16-,18?,19-;;;;;;;;;;;;;;;;;;;;;;;;;;;;;;;;/m0................................/s1. The lowest BCUT2D eigenvalue weighted by molar-refractivity contribution is -0.141. The number of aryl methyl sites for hydroxylation is 2. The molecule has 1 heterocycles. The number of piperidine rings is 1. The van der Waals surface area contributed by atoms with E-state index in [1.54, 1.807) is 27.8 Å². The van der Waals surface area contributed by atoms with Crippen LogP contribution in [0.1, 0.15) is 270 Å². The molecule has 2 aromatic carbocycles. The van der Waals surface area contributed by atoms with Crippen molar-refractivity contribution in [3.8, 4) is 0 Å². The number of aliphatic hydroxyl groups is 1. The quantitative estimate of drug-likeness (QED) is 0.0742. The molecule has 0 spiro atoms. The number of rotatable bonds is 16. The van der Waals surface area contributed by atoms with Gasteiger partial charge in [-0.2, -0.15) is 0 Å². The van der Waals surface area contributed by atoms with E-state index in [0.29, 0.717) is 0 Å². The molecule has 3 rings (SSSR count). The first kappa shape index (κ1) is 205. The second-order valence-electron chi connectivity index (χ2n) is 22.6. The molecule has 0 bridgehead atoms. The molecule has 1 aliphatic rings. The third kappa shape index (κ3) is 252. The first-order valence-electron chi connectivity index (χ1n) is 39.6. The Labute approximate surface area is 742 Å². The lowest BCUT2D eigenvalue weighted by atomic mass is 9.95. The number of nitrogens with zero attached hydrogens (tertiary/aromatic N) is 2. The average Bonchev–Trinajstić information content (AvgIpc) is 0.838. The fraction of sp³-hybridized carbons (Fsp3) is 0.697. The molecule has 4 atom stereocenters. The van der Waals surface area contributed by atoms with Crippen molar-refractivity contribution in [3.63, 3.8) is 0 Å². The summed E-state index contributed by atoms with van der Waals surface area (Å²) in [6, 6.07) is 18.8. The molecule has 28 N–H and O–H groups in total. The summed E-state index contributed by atoms with van der Waals surface area (Å²) in [5.41, 5.74) is 38.8. The maximum absolute atomic E-state index is 13.1. The summed E-state index contributed by atoms with van der Waals surface area (Å²) in [6.45, 7) is 83.1. The summed E-state index contributed by atoms with van der Waals surface area (Å²) >= 11 is 0. The number of hydrogen-bond donors (Lipinski definition) is 14. The van der Waals surface area contributed by atoms with Gasteiger partial charge >= 0.3 is 0 Å². The van der Waals surface area contributed by atoms with Crippen molar-refractivity contribution in [1.82, 2.24) is 38.9 Å². The van der Waals surface area contributed by atoms with Crippen LogP contribution in [0.4, 0.5) is 0 Å². The number of nitrogens with one attached hydrogen (secondary N) is 2. The van der Waals surface area contributed by atoms with Crippen LogP contribution in [0.5, 0.6) is 0 Å². The number of nitrogens with two attached hydrogens (primary N) is 8. The molecule has 0 radical (unpaired) electrons. The first-order chi connectivity index (χ1) is 56.0. The molecule has 120 heavy (non-hydrogen) atoms. The smallest absolute Gasteiger partial charge is 0.245 e. The van der Waals surface area contributed by atoms with Crippen LogP contribution in [-0.2, 0) is 84.8 Å². The highest BCUT2D eigenvalue weighted by Crippen LogP contribution is 2.17. The molecule has 0 aromatic heterocycles. The van der Waals surface area contributed by atoms with Crippen LogP contribution >= 0.6 is 0 Å². The Morgan fingerprint density at radius 1 is 0.358 bits per heavy atom. The van der Waals surface area contributed by atoms with E-state index in [-0.39, 0.29) is 54.1 Å². The van der Waals surface area contributed by atoms with Crippen molar-refractivity contribution in [2.45, 2.75) is 296 Å². The third-order valence-corrected chi connectivity index (χ3v) is 12.7. The van der Waals surface area contributed by atoms with E-state index in [4.69, 9.17) is 57.8 Å². The van der Waals surface area contributed by atoms with Gasteiger partial charge in [0.25, 0.3) is 0 Å². The van der Waals surface area contributed by atoms with Crippen LogP contribution < -0.4 is 75.0 Å². The van der Waals surface area contributed by atoms with E-state index in [1.165, 1.54) is 111 Å². The fourth-order valence-electron chi connectivity index (χ4n) is 4.92. The Bertz CT molecular complexity index is 1680. The van der Waals surface area contributed by atoms with Crippen molar-refractivity contribution in [3.05, 3.63) is 71.8 Å². The zero-order chi connectivity index (χ0) is 102. The summed E-state index contributed by atoms with van der Waals surface area (Å²) in [5, 5.41) is 13.7. The van der Waals surface area contributed by atoms with Gasteiger partial charge in [-0.1, -0.05) is 272 Å². The lowest BCUT2D eigenvalue weighted by Crippen LogP contribution is -2.59. The molecular weight excluding hydrogens is 1540 g/mol. The number of likely N-dealkylation sites (N-methyl/N-ethyl adjacent to an activating group) is 1. The van der Waals surface area contributed by atoms with Crippen molar-refractivity contribution in [1.29, 1.82) is 0 Å². The molecule has 1 fully saturated rings. The molecule has 0 saturated carbocycles. The number of amides is 4. The van der Waals surface area contributed by atoms with Crippen LogP contribution in [0.3, 0.4) is 0 Å². The van der Waals surface area contributed by atoms with Gasteiger partial charge in [0.15, 0.2) is 0 Å². The van der Waals surface area contributed by atoms with Crippen LogP contribution in [0.15, 0.2) is 60.7 Å². The Morgan fingerprint density at radius 2 is 0.542 bits per heavy atom. The topological polar surface area (TPSA) is 620 Å². The highest BCUT2D eigenvalue weighted by molar-refractivity contribution is 5.94. The zero-order valence-corrected chi connectivity index (χ0v) is 85.3. The minimum atomic E-state index is -0.791. The first-order valence-corrected chi connectivity index (χ1v) is 39.6. The Morgan fingerprint density at radius 3 is 0.683 bits per heavy atom. The normalized spacial score (nSPS) is 8.93. The fourth-order valence-corrected chi connectivity index (χ4v) is 4.92. The average molecular weight is 1750 g/mol. The van der Waals surface area contributed by atoms with Gasteiger partial charge in [-0.3, -0.25) is 19.2 Å². The lowest BCUT2D eigenvalue weighted by Gasteiger charge is -2.34. The number of likely N-dealkylation sites (tertiary alicyclic amines) is 1. The summed E-state index contributed by atoms with van der Waals surface area (Å²) < 4.78 is 0. The maximum atomic E-state index is 13.1. The largest absolute Gasteiger partial charge is 0.394 e. The van der Waals surface area contributed by atoms with Crippen molar-refractivity contribution in [2.24, 2.45) is 87.3 Å². The van der Waals surface area contributed by atoms with Gasteiger partial charge in [0.2, 0.25) is 23.6 Å². The van der Waals surface area contributed by atoms with E-state index in [0.717, 1.165) is 81.2 Å². The van der Waals surface area contributed by atoms with E-state index < -0.39 is 24.0 Å². The summed E-state index contributed by atoms with van der Waals surface area (Å²) in [7, 11) is 13.5. The van der Waals surface area contributed by atoms with E-state index >= 15 is 0 Å². The molecule has 31 nitrogen and oxygen atoms in total. The van der Waals surface area contributed by atoms with Crippen LogP contribution in [0.2, 0.25) is 0 Å². The summed E-state index contributed by atoms with van der Waals surface area (Å²) in [5.74, 6) is 3.19. The summed E-state index contributed by atoms with van der Waals surface area (Å²) in [6.07, 6.45) is 12.5. The molecule has 0 aliphatic carbocycles. The minimum Gasteiger partial charge on any atom is -0.394 e. The van der Waals surface area contributed by atoms with Gasteiger partial charge in [-0.25, -0.2) is 0 Å². The monoisotopic (exact) mass is 1750 g/mol. The number of benzene rings is 2. The Balaban J connectivity index is -0.0000000274. The zero-order valence-electron chi connectivity index (χ0n) is 85.3. The molecule has 738 valence electrons. The maximum Gasteiger partial charge on any atom is 0.245 e. The van der Waals surface area contributed by atoms with Gasteiger partial charge in [0, 0.05) is 33.2 Å². The molecule has 1 unspecified atom stereocenters. The highest BCUT2D eigenvalue weighted by Gasteiger charge is 2.35. The van der Waals surface area contributed by atoms with Crippen LogP contribution in [0.25, 0.3) is 0 Å². The molecule has 2 aromatic rings. The van der Waals surface area contributed by atoms with Crippen molar-refractivity contribution < 1.29 is 77.0 Å². The minimum absolute atomic E-state index is 0. The number of carbonyl (C=O) groups is 15. The van der Waals surface area contributed by atoms with Crippen molar-refractivity contribution >= 4 is 98.3 Å². The second-order valence-corrected chi connectivity index (χ2v) is 22.6.